The number of carbonyl (C=O) groups is 2. The molecule has 0 heterocycles. The SMILES string of the molecule is CCCCNC(=O)C(CC)N(Cc1ccc(F)cc1)C(=O)CN(C)S(=O)(=O)c1ccc(Cl)cc1. The van der Waals surface area contributed by atoms with Crippen molar-refractivity contribution >= 4 is 33.4 Å². The molecular formula is C24H31ClFN3O4S. The summed E-state index contributed by atoms with van der Waals surface area (Å²) in [6.45, 7) is 3.84. The van der Waals surface area contributed by atoms with Crippen molar-refractivity contribution in [2.75, 3.05) is 20.1 Å². The largest absolute Gasteiger partial charge is 0.354 e. The van der Waals surface area contributed by atoms with Gasteiger partial charge in [-0.1, -0.05) is 44.0 Å². The molecule has 0 bridgehead atoms. The molecule has 0 spiro atoms. The summed E-state index contributed by atoms with van der Waals surface area (Å²) in [6.07, 6.45) is 2.04. The predicted octanol–water partition coefficient (Wildman–Crippen LogP) is 3.82. The van der Waals surface area contributed by atoms with E-state index < -0.39 is 34.3 Å². The number of sulfonamides is 1. The number of amides is 2. The normalized spacial score (nSPS) is 12.4. The molecule has 0 aliphatic carbocycles. The van der Waals surface area contributed by atoms with E-state index in [2.05, 4.69) is 5.32 Å². The van der Waals surface area contributed by atoms with E-state index in [0.717, 1.165) is 17.1 Å². The first-order valence-corrected chi connectivity index (χ1v) is 13.0. The number of hydrogen-bond donors (Lipinski definition) is 1. The maximum atomic E-state index is 13.4. The van der Waals surface area contributed by atoms with E-state index in [4.69, 9.17) is 11.6 Å². The van der Waals surface area contributed by atoms with Crippen LogP contribution in [0.4, 0.5) is 4.39 Å². The Morgan fingerprint density at radius 1 is 1.06 bits per heavy atom. The summed E-state index contributed by atoms with van der Waals surface area (Å²) in [5, 5.41) is 3.23. The van der Waals surface area contributed by atoms with Gasteiger partial charge in [0.25, 0.3) is 0 Å². The zero-order chi connectivity index (χ0) is 25.3. The summed E-state index contributed by atoms with van der Waals surface area (Å²) in [5.41, 5.74) is 0.623. The first-order valence-electron chi connectivity index (χ1n) is 11.1. The lowest BCUT2D eigenvalue weighted by Crippen LogP contribution is -2.51. The molecule has 34 heavy (non-hydrogen) atoms. The van der Waals surface area contributed by atoms with Crippen molar-refractivity contribution in [1.29, 1.82) is 0 Å². The smallest absolute Gasteiger partial charge is 0.243 e. The lowest BCUT2D eigenvalue weighted by Gasteiger charge is -2.32. The Labute approximate surface area is 205 Å². The second-order valence-corrected chi connectivity index (χ2v) is 10.4. The molecule has 186 valence electrons. The molecule has 0 fully saturated rings. The van der Waals surface area contributed by atoms with E-state index in [-0.39, 0.29) is 17.3 Å². The quantitative estimate of drug-likeness (QED) is 0.439. The number of carbonyl (C=O) groups excluding carboxylic acids is 2. The van der Waals surface area contributed by atoms with Crippen molar-refractivity contribution in [3.05, 3.63) is 64.9 Å². The summed E-state index contributed by atoms with van der Waals surface area (Å²) in [4.78, 5) is 27.6. The van der Waals surface area contributed by atoms with Crippen LogP contribution in [-0.2, 0) is 26.2 Å². The van der Waals surface area contributed by atoms with Crippen LogP contribution in [0.2, 0.25) is 5.02 Å². The Morgan fingerprint density at radius 3 is 2.24 bits per heavy atom. The molecule has 2 aromatic rings. The third-order valence-corrected chi connectivity index (χ3v) is 7.43. The fourth-order valence-electron chi connectivity index (χ4n) is 3.36. The van der Waals surface area contributed by atoms with Gasteiger partial charge in [0.2, 0.25) is 21.8 Å². The van der Waals surface area contributed by atoms with Crippen molar-refractivity contribution in [3.8, 4) is 0 Å². The minimum absolute atomic E-state index is 0.00151. The summed E-state index contributed by atoms with van der Waals surface area (Å²) < 4.78 is 40.2. The molecule has 0 aliphatic rings. The monoisotopic (exact) mass is 511 g/mol. The molecule has 1 N–H and O–H groups in total. The van der Waals surface area contributed by atoms with Crippen LogP contribution in [0.3, 0.4) is 0 Å². The minimum atomic E-state index is -3.96. The molecule has 1 unspecified atom stereocenters. The highest BCUT2D eigenvalue weighted by atomic mass is 35.5. The number of nitrogens with zero attached hydrogens (tertiary/aromatic N) is 2. The standard InChI is InChI=1S/C24H31ClFN3O4S/c1-4-6-15-27-24(31)22(5-2)29(16-18-7-11-20(26)12-8-18)23(30)17-28(3)34(32,33)21-13-9-19(25)10-14-21/h7-14,22H,4-6,15-17H2,1-3H3,(H,27,31). The molecule has 0 radical (unpaired) electrons. The van der Waals surface area contributed by atoms with Gasteiger partial charge in [0.15, 0.2) is 0 Å². The van der Waals surface area contributed by atoms with Crippen molar-refractivity contribution in [3.63, 3.8) is 0 Å². The number of hydrogen-bond acceptors (Lipinski definition) is 4. The Morgan fingerprint density at radius 2 is 1.68 bits per heavy atom. The predicted molar refractivity (Wildman–Crippen MR) is 130 cm³/mol. The maximum Gasteiger partial charge on any atom is 0.243 e. The Kier molecular flexibility index (Phi) is 10.5. The highest BCUT2D eigenvalue weighted by Gasteiger charge is 2.31. The molecule has 10 heteroatoms. The zero-order valence-electron chi connectivity index (χ0n) is 19.6. The van der Waals surface area contributed by atoms with Gasteiger partial charge in [-0.15, -0.1) is 0 Å². The number of rotatable bonds is 12. The van der Waals surface area contributed by atoms with E-state index in [1.165, 1.54) is 60.5 Å². The highest BCUT2D eigenvalue weighted by molar-refractivity contribution is 7.89. The van der Waals surface area contributed by atoms with Crippen molar-refractivity contribution < 1.29 is 22.4 Å². The van der Waals surface area contributed by atoms with Crippen LogP contribution < -0.4 is 5.32 Å². The van der Waals surface area contributed by atoms with Gasteiger partial charge in [-0.05, 0) is 54.8 Å². The molecule has 0 aliphatic heterocycles. The fraction of sp³-hybridized carbons (Fsp3) is 0.417. The molecule has 7 nitrogen and oxygen atoms in total. The number of nitrogens with one attached hydrogen (secondary N) is 1. The van der Waals surface area contributed by atoms with Gasteiger partial charge in [-0.3, -0.25) is 9.59 Å². The third-order valence-electron chi connectivity index (χ3n) is 5.36. The van der Waals surface area contributed by atoms with Gasteiger partial charge in [0, 0.05) is 25.2 Å². The van der Waals surface area contributed by atoms with Gasteiger partial charge in [-0.2, -0.15) is 4.31 Å². The minimum Gasteiger partial charge on any atom is -0.354 e. The van der Waals surface area contributed by atoms with Crippen LogP contribution in [-0.4, -0.2) is 55.6 Å². The van der Waals surface area contributed by atoms with Gasteiger partial charge in [-0.25, -0.2) is 12.8 Å². The van der Waals surface area contributed by atoms with Crippen LogP contribution in [0.1, 0.15) is 38.7 Å². The van der Waals surface area contributed by atoms with Crippen molar-refractivity contribution in [1.82, 2.24) is 14.5 Å². The fourth-order valence-corrected chi connectivity index (χ4v) is 4.61. The molecule has 0 aromatic heterocycles. The van der Waals surface area contributed by atoms with Gasteiger partial charge >= 0.3 is 0 Å². The zero-order valence-corrected chi connectivity index (χ0v) is 21.2. The van der Waals surface area contributed by atoms with E-state index in [1.54, 1.807) is 6.92 Å². The number of likely N-dealkylation sites (N-methyl/N-ethyl adjacent to an activating group) is 1. The number of halogens is 2. The average molecular weight is 512 g/mol. The lowest BCUT2D eigenvalue weighted by atomic mass is 10.1. The van der Waals surface area contributed by atoms with E-state index >= 15 is 0 Å². The third kappa shape index (κ3) is 7.51. The number of unbranched alkanes of at least 4 members (excludes halogenated alkanes) is 1. The van der Waals surface area contributed by atoms with Crippen molar-refractivity contribution in [2.45, 2.75) is 50.6 Å². The average Bonchev–Trinajstić information content (AvgIpc) is 2.80. The first-order chi connectivity index (χ1) is 16.1. The summed E-state index contributed by atoms with van der Waals surface area (Å²) in [5.74, 6) is -1.27. The lowest BCUT2D eigenvalue weighted by molar-refractivity contribution is -0.141. The molecular weight excluding hydrogens is 481 g/mol. The van der Waals surface area contributed by atoms with Crippen molar-refractivity contribution in [2.24, 2.45) is 0 Å². The molecule has 2 amide bonds. The van der Waals surface area contributed by atoms with Gasteiger partial charge in [0.05, 0.1) is 11.4 Å². The molecule has 0 saturated heterocycles. The highest BCUT2D eigenvalue weighted by Crippen LogP contribution is 2.19. The van der Waals surface area contributed by atoms with E-state index in [1.807, 2.05) is 6.92 Å². The van der Waals surface area contributed by atoms with E-state index in [0.29, 0.717) is 23.6 Å². The van der Waals surface area contributed by atoms with Crippen LogP contribution in [0, 0.1) is 5.82 Å². The topological polar surface area (TPSA) is 86.8 Å². The Bertz CT molecular complexity index is 1060. The van der Waals surface area contributed by atoms with Gasteiger partial charge in [0.1, 0.15) is 11.9 Å². The molecule has 1 atom stereocenters. The summed E-state index contributed by atoms with van der Waals surface area (Å²) >= 11 is 5.85. The molecule has 0 saturated carbocycles. The van der Waals surface area contributed by atoms with Crippen LogP contribution in [0.15, 0.2) is 53.4 Å². The van der Waals surface area contributed by atoms with Crippen LogP contribution in [0.25, 0.3) is 0 Å². The van der Waals surface area contributed by atoms with Gasteiger partial charge < -0.3 is 10.2 Å². The molecule has 2 aromatic carbocycles. The summed E-state index contributed by atoms with van der Waals surface area (Å²) in [7, 11) is -2.65. The van der Waals surface area contributed by atoms with Crippen LogP contribution in [0.5, 0.6) is 0 Å². The number of benzene rings is 2. The Hall–Kier alpha value is -2.49. The summed E-state index contributed by atoms with van der Waals surface area (Å²) in [6, 6.07) is 10.5. The van der Waals surface area contributed by atoms with Crippen LogP contribution >= 0.6 is 11.6 Å². The second kappa shape index (κ2) is 12.8. The maximum absolute atomic E-state index is 13.4. The Balaban J connectivity index is 2.28. The van der Waals surface area contributed by atoms with E-state index in [9.17, 15) is 22.4 Å². The first kappa shape index (κ1) is 27.8. The molecule has 2 rings (SSSR count). The second-order valence-electron chi connectivity index (χ2n) is 7.93.